The highest BCUT2D eigenvalue weighted by atomic mass is 35.5. The minimum atomic E-state index is -0.453. The van der Waals surface area contributed by atoms with E-state index in [-0.39, 0.29) is 30.4 Å². The number of urea groups is 1. The number of nitrogens with one attached hydrogen (secondary N) is 3. The second-order valence-electron chi connectivity index (χ2n) is 16.3. The number of carbonyl (C=O) groups is 3. The van der Waals surface area contributed by atoms with Gasteiger partial charge >= 0.3 is 6.03 Å². The molecule has 3 N–H and O–H groups in total. The van der Waals surface area contributed by atoms with Crippen molar-refractivity contribution in [2.24, 2.45) is 5.41 Å². The fraction of sp³-hybridized carbons (Fsp3) is 0.395. The first kappa shape index (κ1) is 36.6. The molecule has 2 saturated carbocycles. The smallest absolute Gasteiger partial charge is 0.328 e. The average molecular weight is 801 g/mol. The third-order valence-corrected chi connectivity index (χ3v) is 12.8. The number of likely N-dealkylation sites (tertiary alicyclic amines) is 1. The van der Waals surface area contributed by atoms with E-state index < -0.39 is 6.03 Å². The van der Waals surface area contributed by atoms with E-state index in [1.165, 1.54) is 16.0 Å². The second-order valence-corrected chi connectivity index (χ2v) is 16.7. The van der Waals surface area contributed by atoms with Gasteiger partial charge in [0.15, 0.2) is 17.2 Å². The molecule has 58 heavy (non-hydrogen) atoms. The number of imide groups is 1. The molecule has 298 valence electrons. The van der Waals surface area contributed by atoms with E-state index in [4.69, 9.17) is 26.4 Å². The molecule has 0 radical (unpaired) electrons. The molecule has 5 aromatic rings. The lowest BCUT2D eigenvalue weighted by Crippen LogP contribution is -2.50. The topological polar surface area (TPSA) is 149 Å². The van der Waals surface area contributed by atoms with Gasteiger partial charge in [-0.15, -0.1) is 5.10 Å². The third kappa shape index (κ3) is 6.87. The maximum Gasteiger partial charge on any atom is 0.328 e. The molecule has 3 aromatic heterocycles. The lowest BCUT2D eigenvalue weighted by atomic mass is 9.61. The molecule has 4 amide bonds. The molecule has 4 fully saturated rings. The zero-order chi connectivity index (χ0) is 39.5. The summed E-state index contributed by atoms with van der Waals surface area (Å²) in [7, 11) is 1.86. The number of anilines is 4. The van der Waals surface area contributed by atoms with Gasteiger partial charge in [0.25, 0.3) is 5.91 Å². The van der Waals surface area contributed by atoms with E-state index in [1.54, 1.807) is 22.8 Å². The SMILES string of the molecule is CNc1cc(N2CCc3c(-c4ccc(CN5CCC6(CC5)CC(Oc5ccc(N7CCC(=O)NC7=O)c(Cl)c5)C6)cn4)cccc32)nn2c(C(=O)NC3CC3)cnc12. The van der Waals surface area contributed by atoms with E-state index in [2.05, 4.69) is 61.1 Å². The zero-order valence-electron chi connectivity index (χ0n) is 32.3. The number of aromatic nitrogens is 4. The van der Waals surface area contributed by atoms with Crippen molar-refractivity contribution >= 4 is 58.0 Å². The molecule has 2 aliphatic carbocycles. The predicted octanol–water partition coefficient (Wildman–Crippen LogP) is 6.34. The van der Waals surface area contributed by atoms with Crippen LogP contribution in [0.4, 0.5) is 27.7 Å². The summed E-state index contributed by atoms with van der Waals surface area (Å²) in [4.78, 5) is 52.6. The van der Waals surface area contributed by atoms with Crippen molar-refractivity contribution in [3.63, 3.8) is 0 Å². The van der Waals surface area contributed by atoms with Crippen LogP contribution in [0.25, 0.3) is 16.9 Å². The van der Waals surface area contributed by atoms with Crippen LogP contribution in [-0.2, 0) is 17.8 Å². The molecular weight excluding hydrogens is 756 g/mol. The summed E-state index contributed by atoms with van der Waals surface area (Å²) >= 11 is 6.55. The maximum absolute atomic E-state index is 13.0. The van der Waals surface area contributed by atoms with E-state index in [0.29, 0.717) is 39.8 Å². The van der Waals surface area contributed by atoms with Gasteiger partial charge in [-0.05, 0) is 98.8 Å². The van der Waals surface area contributed by atoms with Crippen molar-refractivity contribution in [3.8, 4) is 17.0 Å². The average Bonchev–Trinajstić information content (AvgIpc) is 3.74. The highest BCUT2D eigenvalue weighted by Crippen LogP contribution is 2.51. The number of piperidine rings is 1. The zero-order valence-corrected chi connectivity index (χ0v) is 33.1. The Morgan fingerprint density at radius 3 is 2.52 bits per heavy atom. The number of hydrogen-bond donors (Lipinski definition) is 3. The fourth-order valence-electron chi connectivity index (χ4n) is 9.11. The molecular formula is C43H45ClN10O4. The Kier molecular flexibility index (Phi) is 9.20. The van der Waals surface area contributed by atoms with Crippen LogP contribution in [-0.4, -0.2) is 87.7 Å². The summed E-state index contributed by atoms with van der Waals surface area (Å²) in [5.74, 6) is 1.03. The summed E-state index contributed by atoms with van der Waals surface area (Å²) in [5.41, 5.74) is 8.37. The Bertz CT molecular complexity index is 2430. The van der Waals surface area contributed by atoms with Crippen molar-refractivity contribution in [2.45, 2.75) is 70.1 Å². The van der Waals surface area contributed by atoms with Crippen molar-refractivity contribution in [3.05, 3.63) is 88.8 Å². The molecule has 0 unspecified atom stereocenters. The normalized spacial score (nSPS) is 19.3. The van der Waals surface area contributed by atoms with Crippen LogP contribution in [0, 0.1) is 5.41 Å². The Morgan fingerprint density at radius 2 is 1.78 bits per heavy atom. The molecule has 15 heteroatoms. The predicted molar refractivity (Wildman–Crippen MR) is 221 cm³/mol. The van der Waals surface area contributed by atoms with Gasteiger partial charge in [-0.1, -0.05) is 29.8 Å². The Labute approximate surface area is 340 Å². The Morgan fingerprint density at radius 1 is 0.948 bits per heavy atom. The van der Waals surface area contributed by atoms with Crippen LogP contribution in [0.3, 0.4) is 0 Å². The van der Waals surface area contributed by atoms with Gasteiger partial charge in [0.1, 0.15) is 5.75 Å². The lowest BCUT2D eigenvalue weighted by Gasteiger charge is -2.51. The summed E-state index contributed by atoms with van der Waals surface area (Å²) in [6, 6.07) is 17.9. The number of carbonyl (C=O) groups excluding carboxylic acids is 3. The van der Waals surface area contributed by atoms with E-state index in [9.17, 15) is 14.4 Å². The number of rotatable bonds is 10. The second kappa shape index (κ2) is 14.6. The molecule has 2 saturated heterocycles. The monoisotopic (exact) mass is 800 g/mol. The van der Waals surface area contributed by atoms with E-state index in [1.807, 2.05) is 25.4 Å². The molecule has 10 rings (SSSR count). The molecule has 1 spiro atoms. The molecule has 0 bridgehead atoms. The first-order valence-corrected chi connectivity index (χ1v) is 20.6. The third-order valence-electron chi connectivity index (χ3n) is 12.5. The number of hydrogen-bond acceptors (Lipinski definition) is 10. The standard InChI is InChI=1S/C43H45ClN10O4/c1-45-34-20-38(50-54-37(24-47-40(34)54)41(56)48-27-6-7-27)52-15-11-31-30(3-2-4-35(31)52)33-9-5-26(23-46-33)25-51-17-13-43(14-18-51)21-29(22-43)58-28-8-10-36(32(44)19-28)53-16-12-39(55)49-42(53)57/h2-5,8-10,19-20,23-24,27,29,45H,6-7,11-18,21-22,25H2,1H3,(H,48,56)(H,49,55,57). The maximum atomic E-state index is 13.0. The number of ether oxygens (including phenoxy) is 1. The molecule has 2 aromatic carbocycles. The minimum Gasteiger partial charge on any atom is -0.490 e. The number of pyridine rings is 1. The van der Waals surface area contributed by atoms with Crippen molar-refractivity contribution in [2.75, 3.05) is 48.3 Å². The largest absolute Gasteiger partial charge is 0.490 e. The van der Waals surface area contributed by atoms with Gasteiger partial charge < -0.3 is 20.3 Å². The number of imidazole rings is 1. The van der Waals surface area contributed by atoms with Crippen LogP contribution in [0.15, 0.2) is 67.0 Å². The van der Waals surface area contributed by atoms with Gasteiger partial charge in [0.05, 0.1) is 34.4 Å². The first-order chi connectivity index (χ1) is 28.2. The van der Waals surface area contributed by atoms with Gasteiger partial charge in [-0.25, -0.2) is 14.3 Å². The van der Waals surface area contributed by atoms with Crippen LogP contribution in [0.2, 0.25) is 5.02 Å². The van der Waals surface area contributed by atoms with Crippen LogP contribution < -0.4 is 30.5 Å². The van der Waals surface area contributed by atoms with E-state index in [0.717, 1.165) is 99.6 Å². The van der Waals surface area contributed by atoms with Crippen molar-refractivity contribution in [1.29, 1.82) is 0 Å². The highest BCUT2D eigenvalue weighted by molar-refractivity contribution is 6.34. The van der Waals surface area contributed by atoms with Gasteiger partial charge in [0.2, 0.25) is 5.91 Å². The Balaban J connectivity index is 0.752. The number of benzene rings is 2. The molecule has 0 atom stereocenters. The summed E-state index contributed by atoms with van der Waals surface area (Å²) in [6.07, 6.45) is 11.2. The minimum absolute atomic E-state index is 0.146. The summed E-state index contributed by atoms with van der Waals surface area (Å²) in [5, 5.41) is 14.0. The number of fused-ring (bicyclic) bond motifs is 2. The fourth-order valence-corrected chi connectivity index (χ4v) is 9.38. The number of nitrogens with zero attached hydrogens (tertiary/aromatic N) is 7. The highest BCUT2D eigenvalue weighted by Gasteiger charge is 2.47. The van der Waals surface area contributed by atoms with Crippen molar-refractivity contribution < 1.29 is 19.1 Å². The van der Waals surface area contributed by atoms with Crippen LogP contribution >= 0.6 is 11.6 Å². The number of halogens is 1. The van der Waals surface area contributed by atoms with Crippen molar-refractivity contribution in [1.82, 2.24) is 35.1 Å². The van der Waals surface area contributed by atoms with Gasteiger partial charge in [-0.2, -0.15) is 0 Å². The molecule has 5 aliphatic rings. The van der Waals surface area contributed by atoms with Crippen LogP contribution in [0.5, 0.6) is 5.75 Å². The number of amides is 4. The quantitative estimate of drug-likeness (QED) is 0.146. The molecule has 3 aliphatic heterocycles. The summed E-state index contributed by atoms with van der Waals surface area (Å²) in [6.45, 7) is 4.02. The molecule has 6 heterocycles. The molecule has 14 nitrogen and oxygen atoms in total. The van der Waals surface area contributed by atoms with Crippen LogP contribution in [0.1, 0.15) is 66.6 Å². The summed E-state index contributed by atoms with van der Waals surface area (Å²) < 4.78 is 7.97. The first-order valence-electron chi connectivity index (χ1n) is 20.2. The lowest BCUT2D eigenvalue weighted by molar-refractivity contribution is -0.120. The van der Waals surface area contributed by atoms with Gasteiger partial charge in [-0.3, -0.25) is 29.7 Å². The van der Waals surface area contributed by atoms with E-state index >= 15 is 0 Å². The Hall–Kier alpha value is -5.73. The van der Waals surface area contributed by atoms with Gasteiger partial charge in [0, 0.05) is 68.7 Å².